The zero-order chi connectivity index (χ0) is 20.6. The van der Waals surface area contributed by atoms with Crippen molar-refractivity contribution in [1.29, 1.82) is 0 Å². The molecule has 0 spiro atoms. The first kappa shape index (κ1) is 20.7. The maximum atomic E-state index is 13.2. The van der Waals surface area contributed by atoms with Crippen LogP contribution >= 0.6 is 11.3 Å². The summed E-state index contributed by atoms with van der Waals surface area (Å²) in [6.45, 7) is 0.281. The highest BCUT2D eigenvalue weighted by Gasteiger charge is 2.39. The van der Waals surface area contributed by atoms with E-state index in [1.807, 2.05) is 0 Å². The molecule has 2 aromatic rings. The molecule has 0 N–H and O–H groups in total. The number of thiophene rings is 1. The molecule has 8 heteroatoms. The Morgan fingerprint density at radius 3 is 2.66 bits per heavy atom. The maximum absolute atomic E-state index is 13.2. The van der Waals surface area contributed by atoms with Gasteiger partial charge in [-0.3, -0.25) is 0 Å². The van der Waals surface area contributed by atoms with Crippen LogP contribution in [0.3, 0.4) is 0 Å². The van der Waals surface area contributed by atoms with Crippen molar-refractivity contribution in [2.75, 3.05) is 27.8 Å². The highest BCUT2D eigenvalue weighted by atomic mass is 32.2. The number of hydrogen-bond acceptors (Lipinski definition) is 6. The quantitative estimate of drug-likeness (QED) is 0.678. The van der Waals surface area contributed by atoms with Crippen LogP contribution in [0.2, 0.25) is 0 Å². The Kier molecular flexibility index (Phi) is 5.88. The van der Waals surface area contributed by atoms with Gasteiger partial charge in [0.25, 0.3) is 0 Å². The summed E-state index contributed by atoms with van der Waals surface area (Å²) >= 11 is 1.78. The van der Waals surface area contributed by atoms with Crippen molar-refractivity contribution in [1.82, 2.24) is 4.31 Å². The summed E-state index contributed by atoms with van der Waals surface area (Å²) in [7, 11) is 0.932. The SMILES string of the molecule is COc1ccc(S(=O)(=O)N(C)C[C@@H]2O[C@H]3CCCC[C@@H]3c3sccc32)cc1OC. The van der Waals surface area contributed by atoms with Crippen molar-refractivity contribution in [2.45, 2.75) is 48.7 Å². The molecule has 0 radical (unpaired) electrons. The third-order valence-electron chi connectivity index (χ3n) is 5.94. The molecule has 3 atom stereocenters. The molecule has 1 aromatic heterocycles. The van der Waals surface area contributed by atoms with Crippen molar-refractivity contribution in [2.24, 2.45) is 0 Å². The van der Waals surface area contributed by atoms with E-state index in [-0.39, 0.29) is 23.6 Å². The predicted molar refractivity (Wildman–Crippen MR) is 113 cm³/mol. The molecular formula is C21H27NO5S2. The summed E-state index contributed by atoms with van der Waals surface area (Å²) in [4.78, 5) is 1.55. The largest absolute Gasteiger partial charge is 0.493 e. The van der Waals surface area contributed by atoms with E-state index >= 15 is 0 Å². The van der Waals surface area contributed by atoms with Crippen LogP contribution in [0.15, 0.2) is 34.5 Å². The summed E-state index contributed by atoms with van der Waals surface area (Å²) in [5.41, 5.74) is 1.15. The molecule has 1 aliphatic heterocycles. The standard InChI is InChI=1S/C21H27NO5S2/c1-22(29(23,24)14-8-9-18(25-2)19(12-14)26-3)13-20-16-10-11-28-21(16)15-6-4-5-7-17(15)27-20/h8-12,15,17,20H,4-7,13H2,1-3H3/t15-,17-,20-/m0/s1. The van der Waals surface area contributed by atoms with E-state index in [0.717, 1.165) is 18.4 Å². The summed E-state index contributed by atoms with van der Waals surface area (Å²) in [5, 5.41) is 2.10. The molecule has 0 amide bonds. The fourth-order valence-corrected chi connectivity index (χ4v) is 6.70. The van der Waals surface area contributed by atoms with Gasteiger partial charge in [-0.25, -0.2) is 8.42 Å². The molecule has 1 aromatic carbocycles. The third kappa shape index (κ3) is 3.79. The number of rotatable bonds is 6. The summed E-state index contributed by atoms with van der Waals surface area (Å²) < 4.78 is 44.6. The second kappa shape index (κ2) is 8.26. The molecule has 1 saturated carbocycles. The number of ether oxygens (including phenoxy) is 3. The van der Waals surface area contributed by atoms with Gasteiger partial charge in [-0.2, -0.15) is 4.31 Å². The molecule has 0 unspecified atom stereocenters. The van der Waals surface area contributed by atoms with Gasteiger partial charge in [0.15, 0.2) is 11.5 Å². The average molecular weight is 438 g/mol. The van der Waals surface area contributed by atoms with Gasteiger partial charge in [-0.1, -0.05) is 12.8 Å². The van der Waals surface area contributed by atoms with Gasteiger partial charge in [0.05, 0.1) is 31.3 Å². The van der Waals surface area contributed by atoms with E-state index in [1.165, 1.54) is 42.3 Å². The summed E-state index contributed by atoms with van der Waals surface area (Å²) in [5.74, 6) is 1.35. The fourth-order valence-electron chi connectivity index (χ4n) is 4.37. The number of methoxy groups -OCH3 is 2. The highest BCUT2D eigenvalue weighted by molar-refractivity contribution is 7.89. The first-order valence-electron chi connectivity index (χ1n) is 9.86. The summed E-state index contributed by atoms with van der Waals surface area (Å²) in [6.07, 6.45) is 4.57. The molecule has 158 valence electrons. The van der Waals surface area contributed by atoms with Gasteiger partial charge < -0.3 is 14.2 Å². The van der Waals surface area contributed by atoms with Crippen LogP contribution in [0, 0.1) is 0 Å². The van der Waals surface area contributed by atoms with Gasteiger partial charge in [-0.05, 0) is 42.0 Å². The zero-order valence-corrected chi connectivity index (χ0v) is 18.6. The van der Waals surface area contributed by atoms with E-state index in [0.29, 0.717) is 17.4 Å². The number of likely N-dealkylation sites (N-methyl/N-ethyl adjacent to an activating group) is 1. The Morgan fingerprint density at radius 2 is 1.90 bits per heavy atom. The number of hydrogen-bond donors (Lipinski definition) is 0. The zero-order valence-electron chi connectivity index (χ0n) is 17.0. The fraction of sp³-hybridized carbons (Fsp3) is 0.524. The number of sulfonamides is 1. The normalized spacial score (nSPS) is 24.1. The van der Waals surface area contributed by atoms with Gasteiger partial charge >= 0.3 is 0 Å². The van der Waals surface area contributed by atoms with E-state index in [1.54, 1.807) is 30.5 Å². The van der Waals surface area contributed by atoms with Crippen LogP contribution in [-0.2, 0) is 14.8 Å². The lowest BCUT2D eigenvalue weighted by Crippen LogP contribution is -2.38. The molecule has 1 aliphatic carbocycles. The van der Waals surface area contributed by atoms with Crippen LogP contribution in [0.25, 0.3) is 0 Å². The minimum absolute atomic E-state index is 0.176. The van der Waals surface area contributed by atoms with Gasteiger partial charge in [-0.15, -0.1) is 11.3 Å². The van der Waals surface area contributed by atoms with E-state index in [4.69, 9.17) is 14.2 Å². The van der Waals surface area contributed by atoms with Gasteiger partial charge in [0, 0.05) is 30.5 Å². The van der Waals surface area contributed by atoms with Crippen molar-refractivity contribution in [3.05, 3.63) is 40.1 Å². The predicted octanol–water partition coefficient (Wildman–Crippen LogP) is 4.18. The molecule has 4 rings (SSSR count). The third-order valence-corrected chi connectivity index (χ3v) is 8.82. The van der Waals surface area contributed by atoms with E-state index in [2.05, 4.69) is 11.4 Å². The second-order valence-electron chi connectivity index (χ2n) is 7.60. The summed E-state index contributed by atoms with van der Waals surface area (Å²) in [6, 6.07) is 6.74. The first-order chi connectivity index (χ1) is 14.0. The monoisotopic (exact) mass is 437 g/mol. The van der Waals surface area contributed by atoms with Crippen LogP contribution in [0.5, 0.6) is 11.5 Å². The van der Waals surface area contributed by atoms with Crippen molar-refractivity contribution in [3.8, 4) is 11.5 Å². The minimum Gasteiger partial charge on any atom is -0.493 e. The first-order valence-corrected chi connectivity index (χ1v) is 12.2. The molecule has 0 saturated heterocycles. The Morgan fingerprint density at radius 1 is 1.14 bits per heavy atom. The van der Waals surface area contributed by atoms with Crippen LogP contribution in [-0.4, -0.2) is 46.6 Å². The molecular weight excluding hydrogens is 410 g/mol. The minimum atomic E-state index is -3.69. The van der Waals surface area contributed by atoms with Crippen molar-refractivity contribution < 1.29 is 22.6 Å². The van der Waals surface area contributed by atoms with Crippen LogP contribution < -0.4 is 9.47 Å². The number of nitrogens with zero attached hydrogens (tertiary/aromatic N) is 1. The number of fused-ring (bicyclic) bond motifs is 3. The second-order valence-corrected chi connectivity index (χ2v) is 10.6. The molecule has 0 bridgehead atoms. The molecule has 2 aliphatic rings. The smallest absolute Gasteiger partial charge is 0.243 e. The maximum Gasteiger partial charge on any atom is 0.243 e. The Balaban J connectivity index is 1.58. The van der Waals surface area contributed by atoms with E-state index < -0.39 is 10.0 Å². The Bertz CT molecular complexity index is 971. The van der Waals surface area contributed by atoms with Crippen molar-refractivity contribution in [3.63, 3.8) is 0 Å². The van der Waals surface area contributed by atoms with Crippen molar-refractivity contribution >= 4 is 21.4 Å². The Hall–Kier alpha value is -1.61. The number of benzene rings is 1. The molecule has 2 heterocycles. The van der Waals surface area contributed by atoms with Gasteiger partial charge in [0.2, 0.25) is 10.0 Å². The topological polar surface area (TPSA) is 65.1 Å². The van der Waals surface area contributed by atoms with Crippen LogP contribution in [0.4, 0.5) is 0 Å². The van der Waals surface area contributed by atoms with Gasteiger partial charge in [0.1, 0.15) is 0 Å². The lowest BCUT2D eigenvalue weighted by Gasteiger charge is -2.40. The lowest BCUT2D eigenvalue weighted by atomic mass is 9.81. The Labute approximate surface area is 176 Å². The highest BCUT2D eigenvalue weighted by Crippen LogP contribution is 2.47. The van der Waals surface area contributed by atoms with Crippen LogP contribution in [0.1, 0.15) is 48.1 Å². The van der Waals surface area contributed by atoms with E-state index in [9.17, 15) is 8.42 Å². The molecule has 29 heavy (non-hydrogen) atoms. The molecule has 6 nitrogen and oxygen atoms in total. The average Bonchev–Trinajstić information content (AvgIpc) is 3.23. The lowest BCUT2D eigenvalue weighted by molar-refractivity contribution is -0.0600. The molecule has 1 fully saturated rings.